The molecule has 158 valence electrons. The molecule has 0 radical (unpaired) electrons. The number of nitrogens with one attached hydrogen (secondary N) is 2. The number of amides is 3. The monoisotopic (exact) mass is 429 g/mol. The summed E-state index contributed by atoms with van der Waals surface area (Å²) in [5.41, 5.74) is 1.29. The van der Waals surface area contributed by atoms with E-state index in [-0.39, 0.29) is 36.7 Å². The molecule has 7 nitrogen and oxygen atoms in total. The maximum Gasteiger partial charge on any atom is 0.262 e. The summed E-state index contributed by atoms with van der Waals surface area (Å²) in [6.45, 7) is 2.79. The van der Waals surface area contributed by atoms with Crippen LogP contribution >= 0.6 is 11.6 Å². The van der Waals surface area contributed by atoms with Gasteiger partial charge in [0.2, 0.25) is 11.8 Å². The summed E-state index contributed by atoms with van der Waals surface area (Å²) in [6, 6.07) is 13.7. The Morgan fingerprint density at radius 2 is 1.97 bits per heavy atom. The van der Waals surface area contributed by atoms with E-state index in [0.717, 1.165) is 6.42 Å². The molecule has 0 bridgehead atoms. The molecule has 1 unspecified atom stereocenters. The summed E-state index contributed by atoms with van der Waals surface area (Å²) >= 11 is 5.90. The predicted octanol–water partition coefficient (Wildman–Crippen LogP) is 3.24. The van der Waals surface area contributed by atoms with E-state index in [2.05, 4.69) is 10.6 Å². The number of nitrogens with zero attached hydrogens (tertiary/aromatic N) is 1. The molecule has 0 aliphatic carbocycles. The lowest BCUT2D eigenvalue weighted by molar-refractivity contribution is -0.126. The zero-order valence-corrected chi connectivity index (χ0v) is 17.4. The van der Waals surface area contributed by atoms with Crippen LogP contribution in [0.1, 0.15) is 19.8 Å². The molecule has 0 saturated carbocycles. The van der Waals surface area contributed by atoms with Crippen molar-refractivity contribution in [3.05, 3.63) is 53.6 Å². The quantitative estimate of drug-likeness (QED) is 0.674. The molecule has 2 N–H and O–H groups in total. The van der Waals surface area contributed by atoms with Gasteiger partial charge in [-0.1, -0.05) is 24.6 Å². The Morgan fingerprint density at radius 1 is 1.20 bits per heavy atom. The van der Waals surface area contributed by atoms with Gasteiger partial charge in [0.15, 0.2) is 6.61 Å². The number of hydrogen-bond donors (Lipinski definition) is 2. The molecule has 1 aliphatic heterocycles. The molecule has 1 atom stereocenters. The molecule has 1 heterocycles. The van der Waals surface area contributed by atoms with Crippen LogP contribution in [0, 0.1) is 5.92 Å². The van der Waals surface area contributed by atoms with E-state index in [4.69, 9.17) is 16.3 Å². The van der Waals surface area contributed by atoms with Crippen molar-refractivity contribution < 1.29 is 19.1 Å². The first kappa shape index (κ1) is 21.6. The van der Waals surface area contributed by atoms with Gasteiger partial charge in [0, 0.05) is 35.9 Å². The second-order valence-corrected chi connectivity index (χ2v) is 7.47. The third kappa shape index (κ3) is 5.73. The first-order valence-electron chi connectivity index (χ1n) is 9.82. The number of halogens is 1. The van der Waals surface area contributed by atoms with Crippen LogP contribution < -0.4 is 20.3 Å². The van der Waals surface area contributed by atoms with Crippen LogP contribution in [0.25, 0.3) is 0 Å². The first-order valence-corrected chi connectivity index (χ1v) is 10.2. The van der Waals surface area contributed by atoms with Gasteiger partial charge in [-0.05, 0) is 48.9 Å². The van der Waals surface area contributed by atoms with E-state index >= 15 is 0 Å². The van der Waals surface area contributed by atoms with Gasteiger partial charge in [0.25, 0.3) is 5.91 Å². The first-order chi connectivity index (χ1) is 14.5. The van der Waals surface area contributed by atoms with Gasteiger partial charge in [0.05, 0.1) is 5.92 Å². The summed E-state index contributed by atoms with van der Waals surface area (Å²) in [5, 5.41) is 6.08. The Hall–Kier alpha value is -3.06. The van der Waals surface area contributed by atoms with Crippen molar-refractivity contribution in [1.82, 2.24) is 5.32 Å². The number of carbonyl (C=O) groups excluding carboxylic acids is 3. The standard InChI is InChI=1S/C22H24ClN3O4/c1-2-10-24-22(29)15-11-21(28)26(13-15)18-6-8-19(9-7-18)30-14-20(27)25-17-5-3-4-16(23)12-17/h3-9,12,15H,2,10-11,13-14H2,1H3,(H,24,29)(H,25,27). The van der Waals surface area contributed by atoms with Crippen LogP contribution in [-0.2, 0) is 14.4 Å². The SMILES string of the molecule is CCCNC(=O)C1CC(=O)N(c2ccc(OCC(=O)Nc3cccc(Cl)c3)cc2)C1. The fourth-order valence-electron chi connectivity index (χ4n) is 3.16. The fraction of sp³-hybridized carbons (Fsp3) is 0.318. The highest BCUT2D eigenvalue weighted by molar-refractivity contribution is 6.30. The highest BCUT2D eigenvalue weighted by Crippen LogP contribution is 2.27. The number of carbonyl (C=O) groups is 3. The lowest BCUT2D eigenvalue weighted by Crippen LogP contribution is -2.33. The Bertz CT molecular complexity index is 917. The zero-order chi connectivity index (χ0) is 21.5. The Labute approximate surface area is 180 Å². The fourth-order valence-corrected chi connectivity index (χ4v) is 3.35. The van der Waals surface area contributed by atoms with Gasteiger partial charge in [-0.3, -0.25) is 14.4 Å². The Morgan fingerprint density at radius 3 is 2.67 bits per heavy atom. The molecule has 30 heavy (non-hydrogen) atoms. The van der Waals surface area contributed by atoms with Gasteiger partial charge in [-0.15, -0.1) is 0 Å². The molecule has 2 aromatic rings. The largest absolute Gasteiger partial charge is 0.484 e. The maximum atomic E-state index is 12.3. The molecule has 1 aliphatic rings. The van der Waals surface area contributed by atoms with Crippen LogP contribution in [0.5, 0.6) is 5.75 Å². The average molecular weight is 430 g/mol. The van der Waals surface area contributed by atoms with E-state index in [1.54, 1.807) is 53.4 Å². The second-order valence-electron chi connectivity index (χ2n) is 7.04. The normalized spacial score (nSPS) is 15.7. The van der Waals surface area contributed by atoms with Crippen molar-refractivity contribution in [2.75, 3.05) is 29.9 Å². The maximum absolute atomic E-state index is 12.3. The molecule has 8 heteroatoms. The number of anilines is 2. The van der Waals surface area contributed by atoms with E-state index in [1.807, 2.05) is 6.92 Å². The van der Waals surface area contributed by atoms with Gasteiger partial charge in [-0.25, -0.2) is 0 Å². The summed E-state index contributed by atoms with van der Waals surface area (Å²) in [7, 11) is 0. The smallest absolute Gasteiger partial charge is 0.262 e. The van der Waals surface area contributed by atoms with Gasteiger partial charge >= 0.3 is 0 Å². The third-order valence-electron chi connectivity index (χ3n) is 4.67. The average Bonchev–Trinajstić information content (AvgIpc) is 3.12. The van der Waals surface area contributed by atoms with Crippen LogP contribution in [0.4, 0.5) is 11.4 Å². The van der Waals surface area contributed by atoms with E-state index in [0.29, 0.717) is 35.2 Å². The molecule has 1 fully saturated rings. The number of benzene rings is 2. The number of ether oxygens (including phenoxy) is 1. The molecular weight excluding hydrogens is 406 g/mol. The Balaban J connectivity index is 1.51. The third-order valence-corrected chi connectivity index (χ3v) is 4.91. The van der Waals surface area contributed by atoms with Gasteiger partial charge < -0.3 is 20.3 Å². The molecule has 0 aromatic heterocycles. The van der Waals surface area contributed by atoms with Crippen molar-refractivity contribution in [2.45, 2.75) is 19.8 Å². The van der Waals surface area contributed by atoms with E-state index < -0.39 is 0 Å². The van der Waals surface area contributed by atoms with Gasteiger partial charge in [-0.2, -0.15) is 0 Å². The van der Waals surface area contributed by atoms with Gasteiger partial charge in [0.1, 0.15) is 5.75 Å². The lowest BCUT2D eigenvalue weighted by atomic mass is 10.1. The summed E-state index contributed by atoms with van der Waals surface area (Å²) in [5.74, 6) is -0.310. The lowest BCUT2D eigenvalue weighted by Gasteiger charge is -2.17. The van der Waals surface area contributed by atoms with Crippen molar-refractivity contribution in [3.8, 4) is 5.75 Å². The minimum atomic E-state index is -0.338. The van der Waals surface area contributed by atoms with Crippen molar-refractivity contribution >= 4 is 40.7 Å². The summed E-state index contributed by atoms with van der Waals surface area (Å²) < 4.78 is 5.51. The van der Waals surface area contributed by atoms with E-state index in [1.165, 1.54) is 0 Å². The van der Waals surface area contributed by atoms with Crippen molar-refractivity contribution in [1.29, 1.82) is 0 Å². The minimum absolute atomic E-state index is 0.0822. The van der Waals surface area contributed by atoms with Crippen molar-refractivity contribution in [3.63, 3.8) is 0 Å². The highest BCUT2D eigenvalue weighted by Gasteiger charge is 2.34. The Kier molecular flexibility index (Phi) is 7.30. The molecule has 1 saturated heterocycles. The summed E-state index contributed by atoms with van der Waals surface area (Å²) in [4.78, 5) is 38.1. The molecule has 0 spiro atoms. The van der Waals surface area contributed by atoms with Crippen LogP contribution in [0.15, 0.2) is 48.5 Å². The minimum Gasteiger partial charge on any atom is -0.484 e. The molecule has 2 aromatic carbocycles. The van der Waals surface area contributed by atoms with Crippen molar-refractivity contribution in [2.24, 2.45) is 5.92 Å². The van der Waals surface area contributed by atoms with Crippen LogP contribution in [-0.4, -0.2) is 37.4 Å². The van der Waals surface area contributed by atoms with Crippen LogP contribution in [0.3, 0.4) is 0 Å². The molecular formula is C22H24ClN3O4. The predicted molar refractivity (Wildman–Crippen MR) is 116 cm³/mol. The van der Waals surface area contributed by atoms with Crippen LogP contribution in [0.2, 0.25) is 5.02 Å². The number of hydrogen-bond acceptors (Lipinski definition) is 4. The highest BCUT2D eigenvalue weighted by atomic mass is 35.5. The second kappa shape index (κ2) is 10.1. The summed E-state index contributed by atoms with van der Waals surface area (Å²) in [6.07, 6.45) is 1.06. The topological polar surface area (TPSA) is 87.7 Å². The van der Waals surface area contributed by atoms with E-state index in [9.17, 15) is 14.4 Å². The molecule has 3 amide bonds. The zero-order valence-electron chi connectivity index (χ0n) is 16.7. The molecule has 3 rings (SSSR count). The number of rotatable bonds is 8.